The van der Waals surface area contributed by atoms with Gasteiger partial charge in [-0.25, -0.2) is 0 Å². The van der Waals surface area contributed by atoms with Crippen molar-refractivity contribution in [2.24, 2.45) is 0 Å². The van der Waals surface area contributed by atoms with Gasteiger partial charge < -0.3 is 9.80 Å². The molecule has 0 N–H and O–H groups in total. The van der Waals surface area contributed by atoms with Crippen LogP contribution in [-0.4, -0.2) is 34.9 Å². The molecule has 0 spiro atoms. The van der Waals surface area contributed by atoms with Crippen molar-refractivity contribution in [3.8, 4) is 0 Å². The van der Waals surface area contributed by atoms with Crippen molar-refractivity contribution in [2.75, 3.05) is 18.0 Å². The van der Waals surface area contributed by atoms with Gasteiger partial charge in [0.15, 0.2) is 0 Å². The Morgan fingerprint density at radius 3 is 2.27 bits per heavy atom. The number of carbonyl (C=O) groups excluding carboxylic acids is 1. The molecule has 0 saturated carbocycles. The number of amides is 1. The zero-order chi connectivity index (χ0) is 18.9. The molecule has 1 aromatic carbocycles. The molecular formula is C22H31N3O. The fourth-order valence-electron chi connectivity index (χ4n) is 3.09. The summed E-state index contributed by atoms with van der Waals surface area (Å²) in [7, 11) is 0. The predicted molar refractivity (Wildman–Crippen MR) is 108 cm³/mol. The van der Waals surface area contributed by atoms with Gasteiger partial charge in [0.1, 0.15) is 0 Å². The van der Waals surface area contributed by atoms with E-state index in [-0.39, 0.29) is 5.91 Å². The Morgan fingerprint density at radius 1 is 1.04 bits per heavy atom. The van der Waals surface area contributed by atoms with Gasteiger partial charge in [0.25, 0.3) is 5.91 Å². The van der Waals surface area contributed by atoms with Crippen molar-refractivity contribution in [1.29, 1.82) is 0 Å². The number of benzene rings is 1. The summed E-state index contributed by atoms with van der Waals surface area (Å²) < 4.78 is 0. The third-order valence-electron chi connectivity index (χ3n) is 4.40. The van der Waals surface area contributed by atoms with E-state index in [1.807, 2.05) is 23.2 Å². The van der Waals surface area contributed by atoms with E-state index in [0.29, 0.717) is 11.6 Å². The van der Waals surface area contributed by atoms with E-state index in [9.17, 15) is 4.79 Å². The summed E-state index contributed by atoms with van der Waals surface area (Å²) in [5.74, 6) is 0.0754. The van der Waals surface area contributed by atoms with Crippen molar-refractivity contribution in [1.82, 2.24) is 9.88 Å². The minimum atomic E-state index is 0.0754. The first kappa shape index (κ1) is 20.0. The van der Waals surface area contributed by atoms with Gasteiger partial charge in [-0.15, -0.1) is 0 Å². The highest BCUT2D eigenvalue weighted by Crippen LogP contribution is 2.21. The Balaban J connectivity index is 2.25. The second-order valence-corrected chi connectivity index (χ2v) is 6.93. The first-order valence-electron chi connectivity index (χ1n) is 9.61. The van der Waals surface area contributed by atoms with Crippen LogP contribution in [0.2, 0.25) is 0 Å². The van der Waals surface area contributed by atoms with Crippen molar-refractivity contribution >= 4 is 11.6 Å². The SMILES string of the molecule is CCCN(CCC)C(=O)c1cncc(N(Cc2ccccc2)C(C)C)c1. The summed E-state index contributed by atoms with van der Waals surface area (Å²) in [4.78, 5) is 21.5. The second kappa shape index (κ2) is 9.95. The Bertz CT molecular complexity index is 679. The number of hydrogen-bond acceptors (Lipinski definition) is 3. The minimum Gasteiger partial charge on any atom is -0.364 e. The van der Waals surface area contributed by atoms with Gasteiger partial charge in [0.05, 0.1) is 17.4 Å². The largest absolute Gasteiger partial charge is 0.364 e. The van der Waals surface area contributed by atoms with Crippen LogP contribution in [0.1, 0.15) is 56.5 Å². The minimum absolute atomic E-state index is 0.0754. The van der Waals surface area contributed by atoms with Crippen molar-refractivity contribution in [2.45, 2.75) is 53.1 Å². The number of rotatable bonds is 9. The summed E-state index contributed by atoms with van der Waals surface area (Å²) in [6.07, 6.45) is 5.46. The highest BCUT2D eigenvalue weighted by Gasteiger charge is 2.18. The normalized spacial score (nSPS) is 10.8. The lowest BCUT2D eigenvalue weighted by Crippen LogP contribution is -2.33. The number of aromatic nitrogens is 1. The molecule has 4 heteroatoms. The van der Waals surface area contributed by atoms with Crippen molar-refractivity contribution in [3.63, 3.8) is 0 Å². The molecule has 0 fully saturated rings. The molecule has 0 saturated heterocycles. The van der Waals surface area contributed by atoms with Gasteiger partial charge in [-0.3, -0.25) is 9.78 Å². The molecule has 0 aliphatic carbocycles. The maximum absolute atomic E-state index is 12.9. The van der Waals surface area contributed by atoms with Crippen LogP contribution >= 0.6 is 0 Å². The highest BCUT2D eigenvalue weighted by molar-refractivity contribution is 5.94. The molecule has 140 valence electrons. The van der Waals surface area contributed by atoms with Crippen LogP contribution in [0.25, 0.3) is 0 Å². The quantitative estimate of drug-likeness (QED) is 0.652. The molecule has 1 heterocycles. The third-order valence-corrected chi connectivity index (χ3v) is 4.40. The predicted octanol–water partition coefficient (Wildman–Crippen LogP) is 4.76. The Hall–Kier alpha value is -2.36. The van der Waals surface area contributed by atoms with Crippen LogP contribution in [0.15, 0.2) is 48.8 Å². The average molecular weight is 354 g/mol. The molecule has 1 aromatic heterocycles. The molecule has 2 rings (SSSR count). The summed E-state index contributed by atoms with van der Waals surface area (Å²) in [6.45, 7) is 10.9. The van der Waals surface area contributed by atoms with Crippen LogP contribution in [0.3, 0.4) is 0 Å². The van der Waals surface area contributed by atoms with Gasteiger partial charge in [0.2, 0.25) is 0 Å². The Labute approximate surface area is 157 Å². The second-order valence-electron chi connectivity index (χ2n) is 6.93. The zero-order valence-electron chi connectivity index (χ0n) is 16.5. The van der Waals surface area contributed by atoms with Gasteiger partial charge >= 0.3 is 0 Å². The van der Waals surface area contributed by atoms with Crippen molar-refractivity contribution in [3.05, 3.63) is 59.9 Å². The highest BCUT2D eigenvalue weighted by atomic mass is 16.2. The van der Waals surface area contributed by atoms with E-state index in [1.165, 1.54) is 5.56 Å². The lowest BCUT2D eigenvalue weighted by molar-refractivity contribution is 0.0755. The Morgan fingerprint density at radius 2 is 1.69 bits per heavy atom. The molecule has 2 aromatic rings. The molecule has 0 atom stereocenters. The van der Waals surface area contributed by atoms with Crippen LogP contribution < -0.4 is 4.90 Å². The number of carbonyl (C=O) groups is 1. The van der Waals surface area contributed by atoms with Crippen LogP contribution in [-0.2, 0) is 6.54 Å². The molecule has 0 unspecified atom stereocenters. The van der Waals surface area contributed by atoms with E-state index in [2.05, 4.69) is 61.8 Å². The maximum Gasteiger partial charge on any atom is 0.255 e. The van der Waals surface area contributed by atoms with E-state index >= 15 is 0 Å². The summed E-state index contributed by atoms with van der Waals surface area (Å²) in [5, 5.41) is 0. The zero-order valence-corrected chi connectivity index (χ0v) is 16.5. The molecule has 0 radical (unpaired) electrons. The monoisotopic (exact) mass is 353 g/mol. The summed E-state index contributed by atoms with van der Waals surface area (Å²) >= 11 is 0. The van der Waals surface area contributed by atoms with Gasteiger partial charge in [-0.05, 0) is 38.3 Å². The molecule has 0 bridgehead atoms. The first-order valence-corrected chi connectivity index (χ1v) is 9.61. The average Bonchev–Trinajstić information content (AvgIpc) is 2.66. The van der Waals surface area contributed by atoms with E-state index < -0.39 is 0 Å². The Kier molecular flexibility index (Phi) is 7.64. The lowest BCUT2D eigenvalue weighted by atomic mass is 10.1. The van der Waals surface area contributed by atoms with E-state index in [1.54, 1.807) is 6.20 Å². The lowest BCUT2D eigenvalue weighted by Gasteiger charge is -2.29. The summed E-state index contributed by atoms with van der Waals surface area (Å²) in [5.41, 5.74) is 2.90. The van der Waals surface area contributed by atoms with E-state index in [0.717, 1.165) is 38.2 Å². The molecule has 0 aliphatic rings. The standard InChI is InChI=1S/C22H31N3O/c1-5-12-24(13-6-2)22(26)20-14-21(16-23-15-20)25(18(3)4)17-19-10-8-7-9-11-19/h7-11,14-16,18H,5-6,12-13,17H2,1-4H3. The van der Waals surface area contributed by atoms with Crippen molar-refractivity contribution < 1.29 is 4.79 Å². The fraction of sp³-hybridized carbons (Fsp3) is 0.455. The van der Waals surface area contributed by atoms with Crippen LogP contribution in [0.4, 0.5) is 5.69 Å². The van der Waals surface area contributed by atoms with Crippen LogP contribution in [0.5, 0.6) is 0 Å². The molecule has 4 nitrogen and oxygen atoms in total. The van der Waals surface area contributed by atoms with Gasteiger partial charge in [-0.1, -0.05) is 44.2 Å². The fourth-order valence-corrected chi connectivity index (χ4v) is 3.09. The molecule has 26 heavy (non-hydrogen) atoms. The smallest absolute Gasteiger partial charge is 0.255 e. The number of pyridine rings is 1. The third kappa shape index (κ3) is 5.32. The van der Waals surface area contributed by atoms with Crippen LogP contribution in [0, 0.1) is 0 Å². The maximum atomic E-state index is 12.9. The topological polar surface area (TPSA) is 36.4 Å². The number of anilines is 1. The molecule has 0 aliphatic heterocycles. The number of hydrogen-bond donors (Lipinski definition) is 0. The van der Waals surface area contributed by atoms with Gasteiger partial charge in [-0.2, -0.15) is 0 Å². The molecular weight excluding hydrogens is 322 g/mol. The first-order chi connectivity index (χ1) is 12.6. The summed E-state index contributed by atoms with van der Waals surface area (Å²) in [6, 6.07) is 12.7. The van der Waals surface area contributed by atoms with E-state index in [4.69, 9.17) is 0 Å². The molecule has 1 amide bonds. The number of nitrogens with zero attached hydrogens (tertiary/aromatic N) is 3. The van der Waals surface area contributed by atoms with Gasteiger partial charge in [0, 0.05) is 31.9 Å².